The lowest BCUT2D eigenvalue weighted by Gasteiger charge is -2.16. The molecule has 160 valence electrons. The number of hydrogen-bond acceptors (Lipinski definition) is 5. The standard InChI is InChI=1S/C23H19BrN6O2/c1-30(2)23(32)16-10-11-17(14-6-5-7-15(12-14)21-26-28-29-27-21)20(13-16)25-22(31)18-8-3-4-9-19(18)24/h3-13H,1-2H3,(H,25,31)(H,26,27,28,29). The Morgan fingerprint density at radius 3 is 2.47 bits per heavy atom. The summed E-state index contributed by atoms with van der Waals surface area (Å²) in [5, 5.41) is 16.9. The van der Waals surface area contributed by atoms with Crippen LogP contribution in [0.5, 0.6) is 0 Å². The molecule has 3 aromatic carbocycles. The van der Waals surface area contributed by atoms with Gasteiger partial charge in [0.2, 0.25) is 0 Å². The first kappa shape index (κ1) is 21.4. The molecule has 0 unspecified atom stereocenters. The van der Waals surface area contributed by atoms with Crippen LogP contribution in [0, 0.1) is 0 Å². The van der Waals surface area contributed by atoms with Crippen molar-refractivity contribution in [2.75, 3.05) is 19.4 Å². The molecule has 0 aliphatic heterocycles. The number of aromatic nitrogens is 4. The lowest BCUT2D eigenvalue weighted by molar-refractivity contribution is 0.0827. The minimum absolute atomic E-state index is 0.158. The average Bonchev–Trinajstić information content (AvgIpc) is 3.34. The lowest BCUT2D eigenvalue weighted by atomic mass is 9.98. The molecule has 32 heavy (non-hydrogen) atoms. The fourth-order valence-electron chi connectivity index (χ4n) is 3.24. The number of aromatic amines is 1. The normalized spacial score (nSPS) is 10.6. The zero-order valence-corrected chi connectivity index (χ0v) is 18.9. The Labute approximate surface area is 192 Å². The quantitative estimate of drug-likeness (QED) is 0.435. The SMILES string of the molecule is CN(C)C(=O)c1ccc(-c2cccc(-c3nnn[nH]3)c2)c(NC(=O)c2ccccc2Br)c1. The highest BCUT2D eigenvalue weighted by atomic mass is 79.9. The Morgan fingerprint density at radius 1 is 0.969 bits per heavy atom. The highest BCUT2D eigenvalue weighted by Crippen LogP contribution is 2.32. The van der Waals surface area contributed by atoms with Crippen LogP contribution in [0.2, 0.25) is 0 Å². The Hall–Kier alpha value is -3.85. The summed E-state index contributed by atoms with van der Waals surface area (Å²) in [6.07, 6.45) is 0. The number of carbonyl (C=O) groups excluding carboxylic acids is 2. The van der Waals surface area contributed by atoms with E-state index >= 15 is 0 Å². The van der Waals surface area contributed by atoms with Crippen LogP contribution in [-0.2, 0) is 0 Å². The molecule has 0 radical (unpaired) electrons. The number of amides is 2. The molecule has 0 saturated heterocycles. The first-order valence-electron chi connectivity index (χ1n) is 9.70. The molecule has 0 bridgehead atoms. The van der Waals surface area contributed by atoms with Crippen molar-refractivity contribution < 1.29 is 9.59 Å². The van der Waals surface area contributed by atoms with E-state index in [2.05, 4.69) is 41.9 Å². The van der Waals surface area contributed by atoms with Crippen LogP contribution in [0.3, 0.4) is 0 Å². The zero-order chi connectivity index (χ0) is 22.7. The Bertz CT molecular complexity index is 1290. The van der Waals surface area contributed by atoms with E-state index in [0.717, 1.165) is 16.7 Å². The smallest absolute Gasteiger partial charge is 0.256 e. The number of H-pyrrole nitrogens is 1. The number of hydrogen-bond donors (Lipinski definition) is 2. The molecule has 0 aliphatic rings. The molecular weight excluding hydrogens is 472 g/mol. The molecule has 8 nitrogen and oxygen atoms in total. The summed E-state index contributed by atoms with van der Waals surface area (Å²) in [5.41, 5.74) is 3.87. The summed E-state index contributed by atoms with van der Waals surface area (Å²) in [6.45, 7) is 0. The number of rotatable bonds is 5. The summed E-state index contributed by atoms with van der Waals surface area (Å²) in [4.78, 5) is 27.1. The van der Waals surface area contributed by atoms with Gasteiger partial charge in [-0.15, -0.1) is 5.10 Å². The number of nitrogens with zero attached hydrogens (tertiary/aromatic N) is 4. The maximum absolute atomic E-state index is 13.0. The number of carbonyl (C=O) groups is 2. The van der Waals surface area contributed by atoms with Gasteiger partial charge in [-0.25, -0.2) is 5.10 Å². The van der Waals surface area contributed by atoms with Gasteiger partial charge in [-0.2, -0.15) is 0 Å². The fourth-order valence-corrected chi connectivity index (χ4v) is 3.71. The third kappa shape index (κ3) is 4.42. The summed E-state index contributed by atoms with van der Waals surface area (Å²) in [6, 6.07) is 20.0. The second kappa shape index (κ2) is 9.11. The van der Waals surface area contributed by atoms with Crippen molar-refractivity contribution in [3.8, 4) is 22.5 Å². The molecule has 9 heteroatoms. The van der Waals surface area contributed by atoms with E-state index in [1.54, 1.807) is 44.4 Å². The monoisotopic (exact) mass is 490 g/mol. The second-order valence-corrected chi connectivity index (χ2v) is 8.08. The van der Waals surface area contributed by atoms with Gasteiger partial charge in [-0.05, 0) is 62.3 Å². The second-order valence-electron chi connectivity index (χ2n) is 7.22. The molecule has 0 fully saturated rings. The van der Waals surface area contributed by atoms with Crippen LogP contribution in [0.15, 0.2) is 71.2 Å². The van der Waals surface area contributed by atoms with Crippen molar-refractivity contribution in [3.05, 3.63) is 82.3 Å². The van der Waals surface area contributed by atoms with Gasteiger partial charge in [0, 0.05) is 40.9 Å². The van der Waals surface area contributed by atoms with Gasteiger partial charge < -0.3 is 10.2 Å². The van der Waals surface area contributed by atoms with Gasteiger partial charge in [0.1, 0.15) is 0 Å². The average molecular weight is 491 g/mol. The van der Waals surface area contributed by atoms with E-state index in [1.165, 1.54) is 4.90 Å². The summed E-state index contributed by atoms with van der Waals surface area (Å²) < 4.78 is 0.680. The van der Waals surface area contributed by atoms with Gasteiger partial charge in [0.15, 0.2) is 5.82 Å². The Morgan fingerprint density at radius 2 is 1.75 bits per heavy atom. The van der Waals surface area contributed by atoms with E-state index in [-0.39, 0.29) is 11.8 Å². The minimum atomic E-state index is -0.288. The molecule has 2 amide bonds. The predicted molar refractivity (Wildman–Crippen MR) is 125 cm³/mol. The molecule has 1 aromatic heterocycles. The van der Waals surface area contributed by atoms with Crippen LogP contribution in [0.4, 0.5) is 5.69 Å². The number of anilines is 1. The zero-order valence-electron chi connectivity index (χ0n) is 17.3. The van der Waals surface area contributed by atoms with Crippen LogP contribution in [-0.4, -0.2) is 51.4 Å². The fraction of sp³-hybridized carbons (Fsp3) is 0.0870. The third-order valence-electron chi connectivity index (χ3n) is 4.83. The van der Waals surface area contributed by atoms with Crippen molar-refractivity contribution >= 4 is 33.4 Å². The van der Waals surface area contributed by atoms with Gasteiger partial charge in [0.25, 0.3) is 11.8 Å². The lowest BCUT2D eigenvalue weighted by Crippen LogP contribution is -2.22. The summed E-state index contributed by atoms with van der Waals surface area (Å²) >= 11 is 3.42. The first-order chi connectivity index (χ1) is 15.4. The molecule has 4 aromatic rings. The van der Waals surface area contributed by atoms with Crippen molar-refractivity contribution in [1.29, 1.82) is 0 Å². The first-order valence-corrected chi connectivity index (χ1v) is 10.5. The van der Waals surface area contributed by atoms with Crippen molar-refractivity contribution in [1.82, 2.24) is 25.5 Å². The molecule has 0 spiro atoms. The summed E-state index contributed by atoms with van der Waals surface area (Å²) in [7, 11) is 3.37. The summed E-state index contributed by atoms with van der Waals surface area (Å²) in [5.74, 6) is 0.0863. The van der Waals surface area contributed by atoms with Crippen molar-refractivity contribution in [2.24, 2.45) is 0 Å². The molecular formula is C23H19BrN6O2. The van der Waals surface area contributed by atoms with Crippen LogP contribution in [0.25, 0.3) is 22.5 Å². The maximum atomic E-state index is 13.0. The van der Waals surface area contributed by atoms with Crippen molar-refractivity contribution in [2.45, 2.75) is 0 Å². The van der Waals surface area contributed by atoms with Gasteiger partial charge >= 0.3 is 0 Å². The number of nitrogens with one attached hydrogen (secondary N) is 2. The Kier molecular flexibility index (Phi) is 6.09. The minimum Gasteiger partial charge on any atom is -0.345 e. The molecule has 0 aliphatic carbocycles. The number of halogens is 1. The van der Waals surface area contributed by atoms with Gasteiger partial charge in [-0.3, -0.25) is 9.59 Å². The highest BCUT2D eigenvalue weighted by molar-refractivity contribution is 9.10. The molecule has 0 saturated carbocycles. The van der Waals surface area contributed by atoms with Gasteiger partial charge in [-0.1, -0.05) is 36.4 Å². The largest absolute Gasteiger partial charge is 0.345 e. The number of benzene rings is 3. The van der Waals surface area contributed by atoms with Gasteiger partial charge in [0.05, 0.1) is 5.56 Å². The molecule has 2 N–H and O–H groups in total. The van der Waals surface area contributed by atoms with Crippen LogP contribution in [0.1, 0.15) is 20.7 Å². The molecule has 0 atom stereocenters. The van der Waals surface area contributed by atoms with E-state index in [9.17, 15) is 9.59 Å². The van der Waals surface area contributed by atoms with E-state index < -0.39 is 0 Å². The van der Waals surface area contributed by atoms with Crippen LogP contribution < -0.4 is 5.32 Å². The van der Waals surface area contributed by atoms with E-state index in [0.29, 0.717) is 27.1 Å². The molecule has 4 rings (SSSR count). The highest BCUT2D eigenvalue weighted by Gasteiger charge is 2.17. The predicted octanol–water partition coefficient (Wildman–Crippen LogP) is 4.25. The van der Waals surface area contributed by atoms with E-state index in [1.807, 2.05) is 36.4 Å². The van der Waals surface area contributed by atoms with Crippen LogP contribution >= 0.6 is 15.9 Å². The van der Waals surface area contributed by atoms with Crippen molar-refractivity contribution in [3.63, 3.8) is 0 Å². The molecule has 1 heterocycles. The third-order valence-corrected chi connectivity index (χ3v) is 5.52. The topological polar surface area (TPSA) is 104 Å². The maximum Gasteiger partial charge on any atom is 0.256 e. The number of tetrazole rings is 1. The van der Waals surface area contributed by atoms with E-state index in [4.69, 9.17) is 0 Å². The Balaban J connectivity index is 1.78.